The highest BCUT2D eigenvalue weighted by Crippen LogP contribution is 2.49. The Morgan fingerprint density at radius 1 is 1.07 bits per heavy atom. The highest BCUT2D eigenvalue weighted by atomic mass is 19.1. The van der Waals surface area contributed by atoms with Gasteiger partial charge in [-0.3, -0.25) is 14.4 Å². The summed E-state index contributed by atoms with van der Waals surface area (Å²) in [6, 6.07) is 2.28. The van der Waals surface area contributed by atoms with Gasteiger partial charge in [-0.1, -0.05) is 26.7 Å². The molecule has 0 saturated heterocycles. The van der Waals surface area contributed by atoms with E-state index in [1.807, 2.05) is 0 Å². The lowest BCUT2D eigenvalue weighted by molar-refractivity contribution is -0.150. The molecule has 2 amide bonds. The van der Waals surface area contributed by atoms with Crippen molar-refractivity contribution in [1.82, 2.24) is 10.6 Å². The van der Waals surface area contributed by atoms with E-state index in [1.54, 1.807) is 6.92 Å². The van der Waals surface area contributed by atoms with Gasteiger partial charge in [-0.2, -0.15) is 0 Å². The minimum Gasteiger partial charge on any atom is -0.496 e. The third-order valence-corrected chi connectivity index (χ3v) is 9.99. The Hall–Kier alpha value is -2.84. The van der Waals surface area contributed by atoms with E-state index in [0.29, 0.717) is 31.6 Å². The molecule has 5 atom stereocenters. The first-order chi connectivity index (χ1) is 19.0. The molecule has 3 N–H and O–H groups in total. The Morgan fingerprint density at radius 3 is 2.33 bits per heavy atom. The van der Waals surface area contributed by atoms with Gasteiger partial charge in [0, 0.05) is 18.2 Å². The van der Waals surface area contributed by atoms with E-state index < -0.39 is 23.1 Å². The summed E-state index contributed by atoms with van der Waals surface area (Å²) in [5, 5.41) is 15.8. The Kier molecular flexibility index (Phi) is 9.30. The fourth-order valence-corrected chi connectivity index (χ4v) is 7.25. The topological polar surface area (TPSA) is 114 Å². The quantitative estimate of drug-likeness (QED) is 0.337. The molecule has 1 aromatic carbocycles. The molecule has 0 unspecified atom stereocenters. The molecular weight excluding hydrogens is 515 g/mol. The van der Waals surface area contributed by atoms with Crippen LogP contribution in [0.4, 0.5) is 4.39 Å². The SMILES string of the molecule is CCC(CC)[C@H](C)NC(=O)[C@H]1[C@@H]2CC[C@@H](C2)[C@H]1NC(=O)c1cc(OC2CCC(C)(C(=O)O)CC2)c(F)cc1OC. The van der Waals surface area contributed by atoms with Crippen LogP contribution in [-0.4, -0.2) is 48.2 Å². The average molecular weight is 561 g/mol. The maximum absolute atomic E-state index is 15.0. The van der Waals surface area contributed by atoms with Crippen molar-refractivity contribution in [1.29, 1.82) is 0 Å². The summed E-state index contributed by atoms with van der Waals surface area (Å²) >= 11 is 0. The third kappa shape index (κ3) is 6.08. The van der Waals surface area contributed by atoms with Gasteiger partial charge in [0.05, 0.1) is 30.1 Å². The zero-order chi connectivity index (χ0) is 29.2. The van der Waals surface area contributed by atoms with Crippen molar-refractivity contribution < 1.29 is 33.4 Å². The van der Waals surface area contributed by atoms with Gasteiger partial charge in [-0.05, 0) is 82.6 Å². The number of amides is 2. The maximum atomic E-state index is 15.0. The number of halogens is 1. The molecule has 222 valence electrons. The van der Waals surface area contributed by atoms with Gasteiger partial charge < -0.3 is 25.2 Å². The van der Waals surface area contributed by atoms with E-state index in [2.05, 4.69) is 31.4 Å². The highest BCUT2D eigenvalue weighted by molar-refractivity contribution is 5.98. The number of fused-ring (bicyclic) bond motifs is 2. The van der Waals surface area contributed by atoms with Crippen LogP contribution in [0.5, 0.6) is 11.5 Å². The molecular formula is C31H45FN2O6. The van der Waals surface area contributed by atoms with Crippen molar-refractivity contribution in [3.8, 4) is 11.5 Å². The van der Waals surface area contributed by atoms with Crippen LogP contribution in [0.3, 0.4) is 0 Å². The van der Waals surface area contributed by atoms with Crippen LogP contribution in [0.25, 0.3) is 0 Å². The maximum Gasteiger partial charge on any atom is 0.309 e. The average Bonchev–Trinajstić information content (AvgIpc) is 3.53. The van der Waals surface area contributed by atoms with E-state index in [4.69, 9.17) is 9.47 Å². The van der Waals surface area contributed by atoms with Crippen molar-refractivity contribution in [2.75, 3.05) is 7.11 Å². The number of hydrogen-bond acceptors (Lipinski definition) is 5. The third-order valence-electron chi connectivity index (χ3n) is 9.99. The van der Waals surface area contributed by atoms with E-state index in [9.17, 15) is 23.9 Å². The molecule has 3 aliphatic rings. The fraction of sp³-hybridized carbons (Fsp3) is 0.710. The van der Waals surface area contributed by atoms with Crippen molar-refractivity contribution in [3.05, 3.63) is 23.5 Å². The number of carboxylic acid groups (broad SMARTS) is 1. The lowest BCUT2D eigenvalue weighted by Gasteiger charge is -2.34. The Morgan fingerprint density at radius 2 is 1.73 bits per heavy atom. The van der Waals surface area contributed by atoms with Crippen molar-refractivity contribution in [3.63, 3.8) is 0 Å². The molecule has 0 aliphatic heterocycles. The molecule has 8 nitrogen and oxygen atoms in total. The number of methoxy groups -OCH3 is 1. The molecule has 4 rings (SSSR count). The molecule has 0 spiro atoms. The summed E-state index contributed by atoms with van der Waals surface area (Å²) < 4.78 is 26.3. The zero-order valence-corrected chi connectivity index (χ0v) is 24.4. The van der Waals surface area contributed by atoms with E-state index in [-0.39, 0.29) is 58.9 Å². The lowest BCUT2D eigenvalue weighted by Crippen LogP contribution is -2.52. The van der Waals surface area contributed by atoms with Crippen molar-refractivity contribution in [2.45, 2.75) is 104 Å². The Balaban J connectivity index is 1.48. The minimum absolute atomic E-state index is 0.00217. The summed E-state index contributed by atoms with van der Waals surface area (Å²) in [5.74, 6) is -1.31. The normalized spacial score (nSPS) is 30.1. The van der Waals surface area contributed by atoms with Crippen LogP contribution in [0.15, 0.2) is 12.1 Å². The zero-order valence-electron chi connectivity index (χ0n) is 24.4. The van der Waals surface area contributed by atoms with Crippen LogP contribution in [-0.2, 0) is 9.59 Å². The molecule has 1 aromatic rings. The largest absolute Gasteiger partial charge is 0.496 e. The predicted octanol–water partition coefficient (Wildman–Crippen LogP) is 5.33. The van der Waals surface area contributed by atoms with Gasteiger partial charge in [0.2, 0.25) is 5.91 Å². The summed E-state index contributed by atoms with van der Waals surface area (Å²) in [6.45, 7) is 8.03. The standard InChI is InChI=1S/C31H45FN2O6/c1-6-18(7-2)17(3)33-29(36)26-19-8-9-20(14-19)27(26)34-28(35)22-15-25(23(32)16-24(22)39-5)40-21-10-12-31(4,13-11-21)30(37)38/h15-21,26-27H,6-14H2,1-5H3,(H,33,36)(H,34,35)(H,37,38)/t17-,19+,20-,21?,26-,27+,31?/m0/s1. The van der Waals surface area contributed by atoms with Gasteiger partial charge in [-0.25, -0.2) is 4.39 Å². The van der Waals surface area contributed by atoms with Crippen LogP contribution in [0.1, 0.15) is 95.8 Å². The van der Waals surface area contributed by atoms with E-state index in [1.165, 1.54) is 13.2 Å². The van der Waals surface area contributed by atoms with Crippen molar-refractivity contribution >= 4 is 17.8 Å². The summed E-state index contributed by atoms with van der Waals surface area (Å²) in [6.07, 6.45) is 6.31. The van der Waals surface area contributed by atoms with E-state index in [0.717, 1.165) is 38.2 Å². The van der Waals surface area contributed by atoms with Crippen molar-refractivity contribution in [2.24, 2.45) is 29.1 Å². The number of nitrogens with one attached hydrogen (secondary N) is 2. The first-order valence-electron chi connectivity index (χ1n) is 14.9. The molecule has 3 aliphatic carbocycles. The first kappa shape index (κ1) is 30.1. The number of hydrogen-bond donors (Lipinski definition) is 3. The number of rotatable bonds is 11. The molecule has 0 heterocycles. The summed E-state index contributed by atoms with van der Waals surface area (Å²) in [5.41, 5.74) is -0.657. The molecule has 40 heavy (non-hydrogen) atoms. The van der Waals surface area contributed by atoms with Gasteiger partial charge in [0.25, 0.3) is 5.91 Å². The predicted molar refractivity (Wildman–Crippen MR) is 149 cm³/mol. The second kappa shape index (κ2) is 12.4. The number of carboxylic acids is 1. The fourth-order valence-electron chi connectivity index (χ4n) is 7.25. The minimum atomic E-state index is -0.835. The van der Waals surface area contributed by atoms with Crippen LogP contribution in [0, 0.1) is 34.9 Å². The monoisotopic (exact) mass is 560 g/mol. The van der Waals surface area contributed by atoms with Gasteiger partial charge in [0.1, 0.15) is 5.75 Å². The number of carbonyl (C=O) groups is 3. The highest BCUT2D eigenvalue weighted by Gasteiger charge is 2.51. The molecule has 3 saturated carbocycles. The van der Waals surface area contributed by atoms with Gasteiger partial charge in [-0.15, -0.1) is 0 Å². The number of carbonyl (C=O) groups excluding carboxylic acids is 2. The number of ether oxygens (including phenoxy) is 2. The van der Waals surface area contributed by atoms with Gasteiger partial charge in [0.15, 0.2) is 11.6 Å². The van der Waals surface area contributed by atoms with Crippen LogP contribution in [0.2, 0.25) is 0 Å². The Labute approximate surface area is 236 Å². The smallest absolute Gasteiger partial charge is 0.309 e. The molecule has 2 bridgehead atoms. The Bertz CT molecular complexity index is 1100. The van der Waals surface area contributed by atoms with Crippen LogP contribution < -0.4 is 20.1 Å². The molecule has 0 radical (unpaired) electrons. The van der Waals surface area contributed by atoms with Gasteiger partial charge >= 0.3 is 5.97 Å². The second-order valence-corrected chi connectivity index (χ2v) is 12.4. The summed E-state index contributed by atoms with van der Waals surface area (Å²) in [7, 11) is 1.38. The first-order valence-corrected chi connectivity index (χ1v) is 14.9. The van der Waals surface area contributed by atoms with E-state index >= 15 is 0 Å². The lowest BCUT2D eigenvalue weighted by atomic mass is 9.75. The number of aliphatic carboxylic acids is 1. The van der Waals surface area contributed by atoms with Crippen LogP contribution >= 0.6 is 0 Å². The molecule has 3 fully saturated rings. The molecule has 0 aromatic heterocycles. The molecule has 9 heteroatoms. The second-order valence-electron chi connectivity index (χ2n) is 12.4. The summed E-state index contributed by atoms with van der Waals surface area (Å²) in [4.78, 5) is 38.6. The number of benzene rings is 1.